The van der Waals surface area contributed by atoms with Gasteiger partial charge in [0.25, 0.3) is 0 Å². The smallest absolute Gasteiger partial charge is 0.248 e. The lowest BCUT2D eigenvalue weighted by Gasteiger charge is -2.46. The minimum Gasteiger partial charge on any atom is -0.595 e. The number of amides is 7. The third kappa shape index (κ3) is 13.4. The van der Waals surface area contributed by atoms with Gasteiger partial charge in [0.05, 0.1) is 5.54 Å². The van der Waals surface area contributed by atoms with Crippen LogP contribution in [-0.4, -0.2) is 139 Å². The number of aromatic hydroxyl groups is 1. The number of rotatable bonds is 13. The van der Waals surface area contributed by atoms with Crippen molar-refractivity contribution in [3.8, 4) is 5.75 Å². The average Bonchev–Trinajstić information content (AvgIpc) is 3.72. The molecule has 5 rings (SSSR count). The van der Waals surface area contributed by atoms with Gasteiger partial charge in [-0.25, -0.2) is 5.21 Å². The number of likely N-dealkylation sites (N-methyl/N-ethyl adjacent to an activating group) is 2. The van der Waals surface area contributed by atoms with Crippen molar-refractivity contribution in [1.82, 2.24) is 40.5 Å². The Labute approximate surface area is 433 Å². The van der Waals surface area contributed by atoms with Crippen molar-refractivity contribution in [3.05, 3.63) is 89.8 Å². The zero-order valence-electron chi connectivity index (χ0n) is 44.5. The first kappa shape index (κ1) is 58.3. The molecule has 3 heterocycles. The maximum Gasteiger partial charge on any atom is 0.248 e. The molecule has 2 aliphatic rings. The molecular formula is C54H77N9O11. The molecule has 0 aliphatic carbocycles. The zero-order chi connectivity index (χ0) is 55.1. The monoisotopic (exact) mass is 1030 g/mol. The first-order valence-corrected chi connectivity index (χ1v) is 25.4. The highest BCUT2D eigenvalue weighted by Crippen LogP contribution is 2.32. The van der Waals surface area contributed by atoms with Crippen molar-refractivity contribution in [3.63, 3.8) is 0 Å². The number of hydrogen-bond acceptors (Lipinski definition) is 11. The topological polar surface area (TPSA) is 270 Å². The van der Waals surface area contributed by atoms with E-state index in [-0.39, 0.29) is 55.9 Å². The summed E-state index contributed by atoms with van der Waals surface area (Å²) in [6.45, 7) is 20.2. The molecule has 74 heavy (non-hydrogen) atoms. The van der Waals surface area contributed by atoms with Gasteiger partial charge in [0.1, 0.15) is 48.5 Å². The standard InChI is InChI=1S/C54H77N9O11/c1-13-15-19-37-46(65)58-39(28-35-29-61(54(9,10)14-2)40-20-17-16-18-36(35)40)52(71)59(11)42(23-30(3)4)48(67)57-38(26-34-21-22-45(64)41(27-34)63(73)74)47(66)55-33(8)51(70)60(12)44-25-32(7)50(69)62(53(44)72)43(24-31(5)6)49(68)56-37/h13-18,20-22,27,29-33,37-39,42-44,50,63-64,69,73H,2,19,23-26,28H2,1,3-12H3,(H,55,66)(H,56,68)(H,57,67)(H,58,65)/b15-13+/t32-,33-,37-,38-,39+,42-,43-,44-,50-/m0/s1. The number of fused-ring (bicyclic) bond motifs is 3. The first-order chi connectivity index (χ1) is 34.7. The highest BCUT2D eigenvalue weighted by molar-refractivity contribution is 5.99. The molecule has 0 saturated carbocycles. The summed E-state index contributed by atoms with van der Waals surface area (Å²) in [7, 11) is 2.80. The van der Waals surface area contributed by atoms with Crippen LogP contribution in [0.5, 0.6) is 5.75 Å². The maximum absolute atomic E-state index is 15.3. The number of hydrogen-bond donors (Lipinski definition) is 8. The molecule has 1 aromatic heterocycles. The Morgan fingerprint density at radius 2 is 1.39 bits per heavy atom. The SMILES string of the molecule is C=CC(C)(C)n1cc(C[C@H]2NC(=O)[C@H](C/C=C/C)NC(=O)[C@H](CC(C)C)N3C(=O)[C@H](C[C@H](C)[C@@H]3O)N(C)C(=O)[C@H](C)NC(=O)[C@H](Cc3ccc(O)c([NH+]([O-])O)c3)NC(=O)[C@H](CC(C)C)N(C)C2=O)c2ccccc21. The maximum atomic E-state index is 15.3. The molecule has 10 atom stereocenters. The molecule has 20 heteroatoms. The number of phenolic OH excluding ortho intramolecular Hbond substituents is 1. The van der Waals surface area contributed by atoms with Gasteiger partial charge < -0.3 is 56.0 Å². The molecular weight excluding hydrogens is 951 g/mol. The summed E-state index contributed by atoms with van der Waals surface area (Å²) >= 11 is 0. The molecule has 404 valence electrons. The number of carbonyl (C=O) groups excluding carboxylic acids is 7. The van der Waals surface area contributed by atoms with E-state index in [0.717, 1.165) is 32.8 Å². The minimum absolute atomic E-state index is 0.00285. The Balaban J connectivity index is 1.71. The third-order valence-corrected chi connectivity index (χ3v) is 14.2. The number of nitrogens with zero attached hydrogens (tertiary/aromatic N) is 4. The molecule has 2 fully saturated rings. The first-order valence-electron chi connectivity index (χ1n) is 25.4. The Morgan fingerprint density at radius 3 is 2.01 bits per heavy atom. The zero-order valence-corrected chi connectivity index (χ0v) is 44.5. The van der Waals surface area contributed by atoms with Crippen LogP contribution in [0.3, 0.4) is 0 Å². The van der Waals surface area contributed by atoms with Crippen molar-refractivity contribution in [2.24, 2.45) is 17.8 Å². The van der Waals surface area contributed by atoms with E-state index in [2.05, 4.69) is 27.8 Å². The van der Waals surface area contributed by atoms with E-state index in [1.165, 1.54) is 32.0 Å². The van der Waals surface area contributed by atoms with E-state index in [1.807, 2.05) is 76.6 Å². The number of nitrogens with one attached hydrogen (secondary N) is 5. The highest BCUT2D eigenvalue weighted by atomic mass is 16.8. The van der Waals surface area contributed by atoms with Crippen molar-refractivity contribution < 1.29 is 54.2 Å². The van der Waals surface area contributed by atoms with E-state index >= 15 is 4.79 Å². The van der Waals surface area contributed by atoms with Crippen LogP contribution in [0.15, 0.2) is 73.5 Å². The van der Waals surface area contributed by atoms with Gasteiger partial charge in [-0.05, 0) is 88.5 Å². The summed E-state index contributed by atoms with van der Waals surface area (Å²) < 4.78 is 2.01. The molecule has 2 bridgehead atoms. The number of piperidine rings is 1. The number of quaternary nitrogens is 1. The number of allylic oxidation sites excluding steroid dienone is 2. The quantitative estimate of drug-likeness (QED) is 0.0701. The van der Waals surface area contributed by atoms with Gasteiger partial charge in [-0.15, -0.1) is 6.58 Å². The second kappa shape index (κ2) is 24.6. The predicted molar refractivity (Wildman–Crippen MR) is 278 cm³/mol. The summed E-state index contributed by atoms with van der Waals surface area (Å²) in [5.41, 5.74) is 0.674. The normalized spacial score (nSPS) is 26.0. The summed E-state index contributed by atoms with van der Waals surface area (Å²) in [6.07, 6.45) is 5.26. The van der Waals surface area contributed by atoms with Crippen LogP contribution >= 0.6 is 0 Å². The van der Waals surface area contributed by atoms with Crippen LogP contribution < -0.4 is 26.5 Å². The lowest BCUT2D eigenvalue weighted by molar-refractivity contribution is -0.991. The fourth-order valence-corrected chi connectivity index (χ4v) is 9.77. The molecule has 8 N–H and O–H groups in total. The van der Waals surface area contributed by atoms with Crippen LogP contribution in [0.4, 0.5) is 5.69 Å². The van der Waals surface area contributed by atoms with Crippen LogP contribution in [-0.2, 0) is 51.9 Å². The van der Waals surface area contributed by atoms with Crippen molar-refractivity contribution >= 4 is 57.9 Å². The summed E-state index contributed by atoms with van der Waals surface area (Å²) in [4.78, 5) is 107. The summed E-state index contributed by atoms with van der Waals surface area (Å²) in [5, 5.41) is 54.5. The van der Waals surface area contributed by atoms with E-state index in [0.29, 0.717) is 5.56 Å². The number of carbonyl (C=O) groups is 7. The van der Waals surface area contributed by atoms with E-state index in [9.17, 15) is 49.4 Å². The molecule has 2 saturated heterocycles. The average molecular weight is 1030 g/mol. The second-order valence-corrected chi connectivity index (χ2v) is 21.3. The largest absolute Gasteiger partial charge is 0.595 e. The van der Waals surface area contributed by atoms with Gasteiger partial charge in [-0.2, -0.15) is 5.23 Å². The number of phenols is 1. The van der Waals surface area contributed by atoms with Gasteiger partial charge in [-0.3, -0.25) is 33.6 Å². The van der Waals surface area contributed by atoms with Gasteiger partial charge in [0.15, 0.2) is 5.75 Å². The molecule has 2 aromatic carbocycles. The van der Waals surface area contributed by atoms with Crippen LogP contribution in [0.25, 0.3) is 10.9 Å². The summed E-state index contributed by atoms with van der Waals surface area (Å²) in [6, 6.07) is 1.96. The Kier molecular flexibility index (Phi) is 19.4. The van der Waals surface area contributed by atoms with Gasteiger partial charge >= 0.3 is 0 Å². The Hall–Kier alpha value is -6.61. The van der Waals surface area contributed by atoms with Crippen molar-refractivity contribution in [2.45, 2.75) is 155 Å². The number of aliphatic hydroxyl groups excluding tert-OH is 1. The fraction of sp³-hybridized carbons (Fsp3) is 0.537. The Morgan fingerprint density at radius 1 is 0.797 bits per heavy atom. The van der Waals surface area contributed by atoms with E-state index in [4.69, 9.17) is 0 Å². The lowest BCUT2D eigenvalue weighted by atomic mass is 9.89. The number of para-hydroxylation sites is 1. The molecule has 7 amide bonds. The molecule has 0 radical (unpaired) electrons. The molecule has 0 spiro atoms. The van der Waals surface area contributed by atoms with Crippen molar-refractivity contribution in [2.75, 3.05) is 14.1 Å². The predicted octanol–water partition coefficient (Wildman–Crippen LogP) is 2.70. The van der Waals surface area contributed by atoms with Crippen LogP contribution in [0.2, 0.25) is 0 Å². The molecule has 3 aromatic rings. The second-order valence-electron chi connectivity index (χ2n) is 21.3. The van der Waals surface area contributed by atoms with Gasteiger partial charge in [0.2, 0.25) is 47.0 Å². The number of aromatic nitrogens is 1. The van der Waals surface area contributed by atoms with Gasteiger partial charge in [-0.1, -0.05) is 77.1 Å². The van der Waals surface area contributed by atoms with E-state index in [1.54, 1.807) is 32.1 Å². The minimum atomic E-state index is -1.50. The van der Waals surface area contributed by atoms with Crippen LogP contribution in [0.1, 0.15) is 99.1 Å². The molecule has 2 aliphatic heterocycles. The highest BCUT2D eigenvalue weighted by Gasteiger charge is 2.48. The fourth-order valence-electron chi connectivity index (χ4n) is 9.77. The lowest BCUT2D eigenvalue weighted by Crippen LogP contribution is -2.99. The third-order valence-electron chi connectivity index (χ3n) is 14.2. The molecule has 1 unspecified atom stereocenters. The van der Waals surface area contributed by atoms with Crippen LogP contribution in [0, 0.1) is 23.0 Å². The number of aliphatic hydroxyl groups is 1. The summed E-state index contributed by atoms with van der Waals surface area (Å²) in [5.74, 6) is -6.89. The van der Waals surface area contributed by atoms with Gasteiger partial charge in [0, 0.05) is 56.0 Å². The van der Waals surface area contributed by atoms with E-state index < -0.39 is 118 Å². The molecule has 20 nitrogen and oxygen atoms in total. The Bertz CT molecular complexity index is 2590. The van der Waals surface area contributed by atoms with Crippen molar-refractivity contribution in [1.29, 1.82) is 0 Å². The number of benzene rings is 2.